The van der Waals surface area contributed by atoms with E-state index in [-0.39, 0.29) is 12.3 Å². The van der Waals surface area contributed by atoms with Crippen LogP contribution in [0.5, 0.6) is 0 Å². The summed E-state index contributed by atoms with van der Waals surface area (Å²) in [7, 11) is 0. The van der Waals surface area contributed by atoms with Crippen molar-refractivity contribution >= 4 is 41.4 Å². The van der Waals surface area contributed by atoms with Gasteiger partial charge in [-0.3, -0.25) is 28.8 Å². The quantitative estimate of drug-likeness (QED) is 0.131. The third-order valence-corrected chi connectivity index (χ3v) is 5.85. The summed E-state index contributed by atoms with van der Waals surface area (Å²) >= 11 is 0. The summed E-state index contributed by atoms with van der Waals surface area (Å²) in [6, 6.07) is 9.14. The lowest BCUT2D eigenvalue weighted by atomic mass is 9.98. The Bertz CT molecular complexity index is 1080. The average Bonchev–Trinajstić information content (AvgIpc) is 2.91. The van der Waals surface area contributed by atoms with Crippen LogP contribution in [0.25, 0.3) is 0 Å². The molecule has 1 saturated heterocycles. The lowest BCUT2D eigenvalue weighted by Crippen LogP contribution is -2.63. The van der Waals surface area contributed by atoms with Crippen molar-refractivity contribution in [3.63, 3.8) is 0 Å². The van der Waals surface area contributed by atoms with Gasteiger partial charge in [-0.1, -0.05) is 31.0 Å². The number of hydroxylamine groups is 1. The number of nitrogens with one attached hydrogen (secondary N) is 2. The summed E-state index contributed by atoms with van der Waals surface area (Å²) in [5.74, 6) is -3.60. The molecule has 0 spiro atoms. The van der Waals surface area contributed by atoms with E-state index in [1.165, 1.54) is 0 Å². The molecule has 1 aromatic rings. The number of para-hydroxylation sites is 1. The number of hydrogen-bond acceptors (Lipinski definition) is 12. The molecule has 0 aromatic heterocycles. The van der Waals surface area contributed by atoms with E-state index < -0.39 is 67.1 Å². The maximum atomic E-state index is 12.4. The van der Waals surface area contributed by atoms with E-state index in [0.29, 0.717) is 25.7 Å². The lowest BCUT2D eigenvalue weighted by molar-refractivity contribution is -0.318. The molecule has 0 saturated carbocycles. The zero-order chi connectivity index (χ0) is 31.1. The Kier molecular flexibility index (Phi) is 14.4. The molecule has 0 unspecified atom stereocenters. The molecule has 1 fully saturated rings. The number of amides is 2. The third kappa shape index (κ3) is 12.6. The molecule has 0 radical (unpaired) electrons. The highest BCUT2D eigenvalue weighted by atomic mass is 16.8. The van der Waals surface area contributed by atoms with Crippen LogP contribution in [-0.2, 0) is 57.3 Å². The van der Waals surface area contributed by atoms with E-state index in [1.54, 1.807) is 12.1 Å². The molecular weight excluding hydrogens is 556 g/mol. The summed E-state index contributed by atoms with van der Waals surface area (Å²) in [6.07, 6.45) is -3.89. The summed E-state index contributed by atoms with van der Waals surface area (Å²) < 4.78 is 26.6. The van der Waals surface area contributed by atoms with Crippen LogP contribution in [0.4, 0.5) is 5.69 Å². The van der Waals surface area contributed by atoms with Crippen molar-refractivity contribution in [2.24, 2.45) is 0 Å². The normalized spacial score (nSPS) is 21.4. The molecule has 2 amide bonds. The molecule has 14 nitrogen and oxygen atoms in total. The molecular formula is C28H38N2O12. The highest BCUT2D eigenvalue weighted by molar-refractivity contribution is 5.90. The van der Waals surface area contributed by atoms with Crippen molar-refractivity contribution in [1.29, 1.82) is 0 Å². The smallest absolute Gasteiger partial charge is 0.303 e. The van der Waals surface area contributed by atoms with E-state index in [1.807, 2.05) is 18.2 Å². The Hall–Kier alpha value is -4.04. The monoisotopic (exact) mass is 594 g/mol. The van der Waals surface area contributed by atoms with Crippen molar-refractivity contribution in [3.05, 3.63) is 30.3 Å². The number of hydrogen-bond donors (Lipinski definition) is 2. The van der Waals surface area contributed by atoms with Gasteiger partial charge in [0.1, 0.15) is 12.7 Å². The van der Waals surface area contributed by atoms with Gasteiger partial charge in [0.25, 0.3) is 0 Å². The second kappa shape index (κ2) is 17.7. The fourth-order valence-corrected chi connectivity index (χ4v) is 4.13. The SMILES string of the molecule is CC(=O)OC[C@H]1O[C@@H](ONC(=O)CCCCCCC(=O)Nc2ccccc2)[C@H](OC(C)=O)[C@@H](OC(C)=O)[C@H]1OC(C)=O. The predicted octanol–water partition coefficient (Wildman–Crippen LogP) is 2.10. The number of unbranched alkanes of at least 4 members (excludes halogenated alkanes) is 3. The van der Waals surface area contributed by atoms with E-state index >= 15 is 0 Å². The first-order chi connectivity index (χ1) is 20.0. The number of benzene rings is 1. The Balaban J connectivity index is 1.92. The zero-order valence-electron chi connectivity index (χ0n) is 24.1. The van der Waals surface area contributed by atoms with Gasteiger partial charge in [0.2, 0.25) is 18.1 Å². The van der Waals surface area contributed by atoms with E-state index in [9.17, 15) is 28.8 Å². The lowest BCUT2D eigenvalue weighted by Gasteiger charge is -2.43. The topological polar surface area (TPSA) is 182 Å². The first kappa shape index (κ1) is 34.2. The van der Waals surface area contributed by atoms with Crippen LogP contribution in [0.2, 0.25) is 0 Å². The van der Waals surface area contributed by atoms with Crippen LogP contribution in [0.3, 0.4) is 0 Å². The van der Waals surface area contributed by atoms with Gasteiger partial charge in [-0.15, -0.1) is 0 Å². The molecule has 2 N–H and O–H groups in total. The molecule has 1 aliphatic heterocycles. The standard InChI is InChI=1S/C28H38N2O12/c1-17(31)37-16-22-25(38-18(2)32)26(39-19(3)33)27(40-20(4)34)28(41-22)42-30-24(36)15-11-6-5-10-14-23(35)29-21-12-8-7-9-13-21/h7-9,12-13,22,25-28H,5-6,10-11,14-16H2,1-4H3,(H,29,35)(H,30,36)/t22-,25+,26+,27-,28+/m1/s1. The Morgan fingerprint density at radius 2 is 1.24 bits per heavy atom. The van der Waals surface area contributed by atoms with Crippen molar-refractivity contribution in [3.8, 4) is 0 Å². The summed E-state index contributed by atoms with van der Waals surface area (Å²) in [6.45, 7) is 4.03. The van der Waals surface area contributed by atoms with E-state index in [4.69, 9.17) is 28.5 Å². The highest BCUT2D eigenvalue weighted by Crippen LogP contribution is 2.29. The maximum Gasteiger partial charge on any atom is 0.303 e. The van der Waals surface area contributed by atoms with Crippen molar-refractivity contribution in [1.82, 2.24) is 5.48 Å². The van der Waals surface area contributed by atoms with Gasteiger partial charge in [0.05, 0.1) is 0 Å². The first-order valence-electron chi connectivity index (χ1n) is 13.6. The average molecular weight is 595 g/mol. The van der Waals surface area contributed by atoms with E-state index in [0.717, 1.165) is 39.8 Å². The molecule has 5 atom stereocenters. The molecule has 0 bridgehead atoms. The van der Waals surface area contributed by atoms with E-state index in [2.05, 4.69) is 10.8 Å². The number of carbonyl (C=O) groups excluding carboxylic acids is 6. The predicted molar refractivity (Wildman–Crippen MR) is 144 cm³/mol. The zero-order valence-corrected chi connectivity index (χ0v) is 24.1. The van der Waals surface area contributed by atoms with Gasteiger partial charge in [0.15, 0.2) is 18.3 Å². The highest BCUT2D eigenvalue weighted by Gasteiger charge is 2.53. The Labute approximate surface area is 243 Å². The van der Waals surface area contributed by atoms with Gasteiger partial charge in [-0.05, 0) is 25.0 Å². The Morgan fingerprint density at radius 3 is 1.81 bits per heavy atom. The minimum absolute atomic E-state index is 0.0848. The number of carbonyl (C=O) groups is 6. The van der Waals surface area contributed by atoms with Crippen molar-refractivity contribution in [2.45, 2.75) is 96.9 Å². The molecule has 2 rings (SSSR count). The summed E-state index contributed by atoms with van der Waals surface area (Å²) in [4.78, 5) is 76.8. The number of rotatable bonds is 15. The molecule has 232 valence electrons. The van der Waals surface area contributed by atoms with Gasteiger partial charge in [-0.2, -0.15) is 0 Å². The molecule has 0 aliphatic carbocycles. The largest absolute Gasteiger partial charge is 0.463 e. The molecule has 42 heavy (non-hydrogen) atoms. The summed E-state index contributed by atoms with van der Waals surface area (Å²) in [5, 5.41) is 2.82. The second-order valence-electron chi connectivity index (χ2n) is 9.54. The van der Waals surface area contributed by atoms with Gasteiger partial charge in [-0.25, -0.2) is 10.3 Å². The minimum atomic E-state index is -1.52. The third-order valence-electron chi connectivity index (χ3n) is 5.85. The maximum absolute atomic E-state index is 12.4. The number of esters is 4. The van der Waals surface area contributed by atoms with Crippen LogP contribution in [0.15, 0.2) is 30.3 Å². The molecule has 1 heterocycles. The molecule has 1 aromatic carbocycles. The second-order valence-corrected chi connectivity index (χ2v) is 9.54. The minimum Gasteiger partial charge on any atom is -0.463 e. The molecule has 1 aliphatic rings. The fraction of sp³-hybridized carbons (Fsp3) is 0.571. The van der Waals surface area contributed by atoms with Crippen LogP contribution < -0.4 is 10.8 Å². The van der Waals surface area contributed by atoms with Gasteiger partial charge in [0, 0.05) is 46.2 Å². The molecule has 14 heteroatoms. The van der Waals surface area contributed by atoms with Crippen LogP contribution in [0, 0.1) is 0 Å². The number of ether oxygens (including phenoxy) is 5. The van der Waals surface area contributed by atoms with Crippen LogP contribution in [-0.4, -0.2) is 73.0 Å². The van der Waals surface area contributed by atoms with Gasteiger partial charge >= 0.3 is 23.9 Å². The fourth-order valence-electron chi connectivity index (χ4n) is 4.13. The Morgan fingerprint density at radius 1 is 0.690 bits per heavy atom. The van der Waals surface area contributed by atoms with Crippen molar-refractivity contribution in [2.75, 3.05) is 11.9 Å². The number of anilines is 1. The van der Waals surface area contributed by atoms with Crippen molar-refractivity contribution < 1.29 is 57.3 Å². The first-order valence-corrected chi connectivity index (χ1v) is 13.6. The summed E-state index contributed by atoms with van der Waals surface area (Å²) in [5.41, 5.74) is 2.96. The van der Waals surface area contributed by atoms with Gasteiger partial charge < -0.3 is 29.0 Å². The van der Waals surface area contributed by atoms with Crippen LogP contribution in [0.1, 0.15) is 66.2 Å². The van der Waals surface area contributed by atoms with Crippen LogP contribution >= 0.6 is 0 Å².